The number of rotatable bonds is 4. The molecule has 4 rings (SSSR count). The summed E-state index contributed by atoms with van der Waals surface area (Å²) in [5.74, 6) is 0.667. The molecule has 0 spiro atoms. The summed E-state index contributed by atoms with van der Waals surface area (Å²) in [6, 6.07) is 0. The second-order valence-corrected chi connectivity index (χ2v) is 5.38. The average molecular weight is 300 g/mol. The van der Waals surface area contributed by atoms with Gasteiger partial charge in [0.15, 0.2) is 0 Å². The summed E-state index contributed by atoms with van der Waals surface area (Å²) in [4.78, 5) is 8.32. The van der Waals surface area contributed by atoms with E-state index >= 15 is 0 Å². The lowest BCUT2D eigenvalue weighted by Gasteiger charge is -2.08. The van der Waals surface area contributed by atoms with Gasteiger partial charge in [0.25, 0.3) is 5.71 Å². The highest BCUT2D eigenvalue weighted by Crippen LogP contribution is 2.25. The van der Waals surface area contributed by atoms with Crippen LogP contribution in [0.3, 0.4) is 0 Å². The highest BCUT2D eigenvalue weighted by Gasteiger charge is 2.17. The number of aryl methyl sites for hydroxylation is 1. The molecule has 0 radical (unpaired) electrons. The van der Waals surface area contributed by atoms with Crippen molar-refractivity contribution >= 4 is 22.6 Å². The van der Waals surface area contributed by atoms with Gasteiger partial charge >= 0.3 is 0 Å². The number of fused-ring (bicyclic) bond motifs is 1. The van der Waals surface area contributed by atoms with Crippen molar-refractivity contribution in [1.82, 2.24) is 24.9 Å². The lowest BCUT2D eigenvalue weighted by molar-refractivity contribution is 0.0940. The summed E-state index contributed by atoms with van der Waals surface area (Å²) in [5, 5.41) is 12.3. The van der Waals surface area contributed by atoms with E-state index in [0.717, 1.165) is 42.8 Å². The smallest absolute Gasteiger partial charge is 0.263 e. The first-order valence-electron chi connectivity index (χ1n) is 7.27. The molecule has 0 bridgehead atoms. The number of hydrogen-bond donors (Lipinski definition) is 1. The third-order valence-corrected chi connectivity index (χ3v) is 3.75. The van der Waals surface area contributed by atoms with E-state index in [1.165, 1.54) is 6.33 Å². The van der Waals surface area contributed by atoms with Crippen LogP contribution in [0.2, 0.25) is 0 Å². The van der Waals surface area contributed by atoms with Crippen LogP contribution < -0.4 is 5.32 Å². The third kappa shape index (κ3) is 2.41. The van der Waals surface area contributed by atoms with Crippen LogP contribution in [0, 0.1) is 6.92 Å². The molecule has 0 unspecified atom stereocenters. The molecular formula is C14H16N6O2. The molecule has 0 aromatic carbocycles. The first-order chi connectivity index (χ1) is 10.8. The Balaban J connectivity index is 1.55. The van der Waals surface area contributed by atoms with Crippen molar-refractivity contribution in [3.63, 3.8) is 0 Å². The van der Waals surface area contributed by atoms with Gasteiger partial charge < -0.3 is 14.6 Å². The van der Waals surface area contributed by atoms with Crippen molar-refractivity contribution in [1.29, 1.82) is 0 Å². The Morgan fingerprint density at radius 1 is 1.41 bits per heavy atom. The third-order valence-electron chi connectivity index (χ3n) is 3.75. The molecule has 114 valence electrons. The maximum Gasteiger partial charge on any atom is 0.263 e. The molecule has 3 aromatic rings. The van der Waals surface area contributed by atoms with Gasteiger partial charge in [-0.05, 0) is 19.8 Å². The molecule has 22 heavy (non-hydrogen) atoms. The zero-order valence-electron chi connectivity index (χ0n) is 12.2. The molecule has 1 N–H and O–H groups in total. The molecule has 0 saturated carbocycles. The van der Waals surface area contributed by atoms with Gasteiger partial charge in [-0.3, -0.25) is 4.68 Å². The minimum atomic E-state index is 0.263. The fourth-order valence-corrected chi connectivity index (χ4v) is 2.68. The number of nitrogens with zero attached hydrogens (tertiary/aromatic N) is 5. The molecule has 0 amide bonds. The van der Waals surface area contributed by atoms with Gasteiger partial charge in [0.1, 0.15) is 17.5 Å². The van der Waals surface area contributed by atoms with Gasteiger partial charge in [-0.1, -0.05) is 5.16 Å². The van der Waals surface area contributed by atoms with Crippen LogP contribution in [0.25, 0.3) is 11.1 Å². The predicted octanol–water partition coefficient (Wildman–Crippen LogP) is 2.05. The Labute approximate surface area is 126 Å². The summed E-state index contributed by atoms with van der Waals surface area (Å²) in [7, 11) is 0. The van der Waals surface area contributed by atoms with E-state index in [2.05, 4.69) is 25.5 Å². The Morgan fingerprint density at radius 3 is 3.23 bits per heavy atom. The number of hydrogen-bond acceptors (Lipinski definition) is 7. The molecule has 8 nitrogen and oxygen atoms in total. The highest BCUT2D eigenvalue weighted by atomic mass is 16.5. The van der Waals surface area contributed by atoms with Gasteiger partial charge in [0.2, 0.25) is 0 Å². The van der Waals surface area contributed by atoms with Crippen LogP contribution in [-0.4, -0.2) is 37.6 Å². The number of anilines is 2. The fraction of sp³-hybridized carbons (Fsp3) is 0.429. The van der Waals surface area contributed by atoms with Gasteiger partial charge in [-0.15, -0.1) is 0 Å². The van der Waals surface area contributed by atoms with Crippen LogP contribution in [0.4, 0.5) is 11.5 Å². The molecule has 8 heteroatoms. The Hall–Kier alpha value is -2.48. The van der Waals surface area contributed by atoms with E-state index in [1.807, 2.05) is 17.8 Å². The monoisotopic (exact) mass is 300 g/mol. The molecular weight excluding hydrogens is 284 g/mol. The standard InChI is InChI=1S/C14H16N6O2/c1-9-12-13(15-8-16-14(12)22-19-9)18-10-5-17-20(6-10)7-11-3-2-4-21-11/h5-6,8,11H,2-4,7H2,1H3,(H,15,16,18)/t11-/m1/s1. The van der Waals surface area contributed by atoms with Crippen molar-refractivity contribution < 1.29 is 9.26 Å². The van der Waals surface area contributed by atoms with Crippen LogP contribution in [-0.2, 0) is 11.3 Å². The number of nitrogens with one attached hydrogen (secondary N) is 1. The molecule has 1 aliphatic heterocycles. The zero-order chi connectivity index (χ0) is 14.9. The Morgan fingerprint density at radius 2 is 2.36 bits per heavy atom. The van der Waals surface area contributed by atoms with Gasteiger partial charge in [-0.25, -0.2) is 4.98 Å². The fourth-order valence-electron chi connectivity index (χ4n) is 2.68. The molecule has 1 atom stereocenters. The Bertz CT molecular complexity index is 790. The SMILES string of the molecule is Cc1noc2ncnc(Nc3cnn(C[C@H]4CCCO4)c3)c12. The summed E-state index contributed by atoms with van der Waals surface area (Å²) >= 11 is 0. The quantitative estimate of drug-likeness (QED) is 0.788. The van der Waals surface area contributed by atoms with E-state index in [9.17, 15) is 0 Å². The minimum absolute atomic E-state index is 0.263. The summed E-state index contributed by atoms with van der Waals surface area (Å²) < 4.78 is 12.7. The maximum absolute atomic E-state index is 5.62. The van der Waals surface area contributed by atoms with E-state index in [0.29, 0.717) is 11.5 Å². The molecule has 4 heterocycles. The topological polar surface area (TPSA) is 90.9 Å². The first kappa shape index (κ1) is 13.2. The largest absolute Gasteiger partial charge is 0.376 e. The van der Waals surface area contributed by atoms with Crippen LogP contribution in [0.15, 0.2) is 23.2 Å². The summed E-state index contributed by atoms with van der Waals surface area (Å²) in [6.07, 6.45) is 7.65. The van der Waals surface area contributed by atoms with Crippen LogP contribution in [0.5, 0.6) is 0 Å². The van der Waals surface area contributed by atoms with Crippen LogP contribution in [0.1, 0.15) is 18.5 Å². The van der Waals surface area contributed by atoms with E-state index in [1.54, 1.807) is 6.20 Å². The van der Waals surface area contributed by atoms with E-state index < -0.39 is 0 Å². The number of ether oxygens (including phenoxy) is 1. The summed E-state index contributed by atoms with van der Waals surface area (Å²) in [6.45, 7) is 3.48. The molecule has 1 saturated heterocycles. The van der Waals surface area contributed by atoms with Crippen molar-refractivity contribution in [2.75, 3.05) is 11.9 Å². The van der Waals surface area contributed by atoms with Crippen molar-refractivity contribution in [3.8, 4) is 0 Å². The molecule has 3 aromatic heterocycles. The predicted molar refractivity (Wildman–Crippen MR) is 78.8 cm³/mol. The van der Waals surface area contributed by atoms with Crippen molar-refractivity contribution in [3.05, 3.63) is 24.4 Å². The second-order valence-electron chi connectivity index (χ2n) is 5.38. The number of aromatic nitrogens is 5. The first-order valence-corrected chi connectivity index (χ1v) is 7.27. The highest BCUT2D eigenvalue weighted by molar-refractivity contribution is 5.89. The maximum atomic E-state index is 5.62. The lowest BCUT2D eigenvalue weighted by atomic mass is 10.2. The van der Waals surface area contributed by atoms with E-state index in [-0.39, 0.29) is 6.10 Å². The molecule has 1 aliphatic rings. The van der Waals surface area contributed by atoms with Crippen molar-refractivity contribution in [2.24, 2.45) is 0 Å². The van der Waals surface area contributed by atoms with Gasteiger partial charge in [0.05, 0.1) is 30.2 Å². The molecule has 1 fully saturated rings. The average Bonchev–Trinajstić information content (AvgIpc) is 3.23. The lowest BCUT2D eigenvalue weighted by Crippen LogP contribution is -2.15. The zero-order valence-corrected chi connectivity index (χ0v) is 12.2. The molecule has 0 aliphatic carbocycles. The van der Waals surface area contributed by atoms with E-state index in [4.69, 9.17) is 9.26 Å². The summed E-state index contributed by atoms with van der Waals surface area (Å²) in [5.41, 5.74) is 2.09. The normalized spacial score (nSPS) is 18.1. The van der Waals surface area contributed by atoms with Gasteiger partial charge in [-0.2, -0.15) is 10.1 Å². The van der Waals surface area contributed by atoms with Crippen molar-refractivity contribution in [2.45, 2.75) is 32.4 Å². The second kappa shape index (κ2) is 5.38. The van der Waals surface area contributed by atoms with Crippen LogP contribution >= 0.6 is 0 Å². The minimum Gasteiger partial charge on any atom is -0.376 e. The Kier molecular flexibility index (Phi) is 3.23. The van der Waals surface area contributed by atoms with Gasteiger partial charge in [0, 0.05) is 12.8 Å².